The monoisotopic (exact) mass is 388 g/mol. The van der Waals surface area contributed by atoms with Gasteiger partial charge >= 0.3 is 0 Å². The van der Waals surface area contributed by atoms with Crippen molar-refractivity contribution in [2.75, 3.05) is 12.9 Å². The van der Waals surface area contributed by atoms with Crippen molar-refractivity contribution in [1.82, 2.24) is 19.7 Å². The first-order valence-electron chi connectivity index (χ1n) is 9.02. The van der Waals surface area contributed by atoms with E-state index in [4.69, 9.17) is 4.74 Å². The molecule has 28 heavy (non-hydrogen) atoms. The second-order valence-corrected chi connectivity index (χ2v) is 7.22. The Kier molecular flexibility index (Phi) is 5.68. The summed E-state index contributed by atoms with van der Waals surface area (Å²) in [5, 5.41) is 9.84. The molecule has 0 bridgehead atoms. The van der Waals surface area contributed by atoms with Gasteiger partial charge in [-0.3, -0.25) is 9.55 Å². The Morgan fingerprint density at radius 3 is 2.36 bits per heavy atom. The van der Waals surface area contributed by atoms with Gasteiger partial charge in [0.15, 0.2) is 11.0 Å². The molecular formula is C22H20N4OS. The smallest absolute Gasteiger partial charge is 0.196 e. The number of aryl methyl sites for hydroxylation is 1. The highest BCUT2D eigenvalue weighted by Gasteiger charge is 2.16. The SMILES string of the molecule is COc1ccc(-c2nnc(SCCc3ccncc3)n2-c2ccccc2)cc1. The van der Waals surface area contributed by atoms with Gasteiger partial charge in [0, 0.05) is 29.4 Å². The quantitative estimate of drug-likeness (QED) is 0.431. The summed E-state index contributed by atoms with van der Waals surface area (Å²) >= 11 is 1.70. The lowest BCUT2D eigenvalue weighted by Crippen LogP contribution is -2.00. The fourth-order valence-electron chi connectivity index (χ4n) is 2.91. The number of hydrogen-bond donors (Lipinski definition) is 0. The minimum atomic E-state index is 0.820. The van der Waals surface area contributed by atoms with E-state index in [0.717, 1.165) is 40.2 Å². The summed E-state index contributed by atoms with van der Waals surface area (Å²) in [5.74, 6) is 2.55. The van der Waals surface area contributed by atoms with Crippen LogP contribution in [-0.4, -0.2) is 32.6 Å². The molecule has 2 aromatic heterocycles. The highest BCUT2D eigenvalue weighted by molar-refractivity contribution is 7.99. The van der Waals surface area contributed by atoms with Gasteiger partial charge < -0.3 is 4.74 Å². The van der Waals surface area contributed by atoms with Gasteiger partial charge in [-0.2, -0.15) is 0 Å². The zero-order chi connectivity index (χ0) is 19.2. The predicted octanol–water partition coefficient (Wildman–Crippen LogP) is 4.67. The summed E-state index contributed by atoms with van der Waals surface area (Å²) in [6, 6.07) is 22.2. The van der Waals surface area contributed by atoms with Gasteiger partial charge in [-0.05, 0) is 60.5 Å². The molecule has 5 nitrogen and oxygen atoms in total. The molecule has 0 aliphatic heterocycles. The first kappa shape index (κ1) is 18.3. The lowest BCUT2D eigenvalue weighted by atomic mass is 10.2. The van der Waals surface area contributed by atoms with Crippen LogP contribution in [-0.2, 0) is 6.42 Å². The maximum absolute atomic E-state index is 5.27. The fourth-order valence-corrected chi connectivity index (χ4v) is 3.85. The number of methoxy groups -OCH3 is 1. The Balaban J connectivity index is 1.63. The van der Waals surface area contributed by atoms with E-state index in [0.29, 0.717) is 0 Å². The third kappa shape index (κ3) is 4.07. The summed E-state index contributed by atoms with van der Waals surface area (Å²) in [6.45, 7) is 0. The third-order valence-corrected chi connectivity index (χ3v) is 5.30. The van der Waals surface area contributed by atoms with E-state index in [1.807, 2.05) is 67.0 Å². The lowest BCUT2D eigenvalue weighted by Gasteiger charge is -2.10. The van der Waals surface area contributed by atoms with Gasteiger partial charge in [-0.1, -0.05) is 30.0 Å². The van der Waals surface area contributed by atoms with Crippen LogP contribution in [0.5, 0.6) is 5.75 Å². The van der Waals surface area contributed by atoms with Crippen molar-refractivity contribution >= 4 is 11.8 Å². The highest BCUT2D eigenvalue weighted by atomic mass is 32.2. The Labute approximate surface area is 168 Å². The van der Waals surface area contributed by atoms with E-state index in [2.05, 4.69) is 31.9 Å². The average molecular weight is 388 g/mol. The van der Waals surface area contributed by atoms with E-state index in [1.54, 1.807) is 18.9 Å². The molecule has 0 amide bonds. The number of rotatable bonds is 7. The molecule has 0 saturated carbocycles. The summed E-state index contributed by atoms with van der Waals surface area (Å²) < 4.78 is 7.38. The van der Waals surface area contributed by atoms with Gasteiger partial charge in [-0.15, -0.1) is 10.2 Å². The van der Waals surface area contributed by atoms with Crippen molar-refractivity contribution in [3.05, 3.63) is 84.7 Å². The summed E-state index contributed by atoms with van der Waals surface area (Å²) in [5.41, 5.74) is 3.31. The Morgan fingerprint density at radius 2 is 1.64 bits per heavy atom. The number of pyridine rings is 1. The molecule has 0 saturated heterocycles. The molecule has 0 unspecified atom stereocenters. The van der Waals surface area contributed by atoms with Crippen LogP contribution in [0.15, 0.2) is 84.3 Å². The molecule has 0 fully saturated rings. The summed E-state index contributed by atoms with van der Waals surface area (Å²) in [4.78, 5) is 4.07. The van der Waals surface area contributed by atoms with Crippen molar-refractivity contribution in [1.29, 1.82) is 0 Å². The molecule has 0 N–H and O–H groups in total. The van der Waals surface area contributed by atoms with Gasteiger partial charge in [0.1, 0.15) is 5.75 Å². The van der Waals surface area contributed by atoms with E-state index in [1.165, 1.54) is 5.56 Å². The molecule has 0 aliphatic carbocycles. The number of para-hydroxylation sites is 1. The van der Waals surface area contributed by atoms with Crippen LogP contribution in [0.25, 0.3) is 17.1 Å². The summed E-state index contributed by atoms with van der Waals surface area (Å²) in [6.07, 6.45) is 4.61. The van der Waals surface area contributed by atoms with Gasteiger partial charge in [0.25, 0.3) is 0 Å². The van der Waals surface area contributed by atoms with Crippen LogP contribution < -0.4 is 4.74 Å². The molecule has 2 heterocycles. The largest absolute Gasteiger partial charge is 0.497 e. The van der Waals surface area contributed by atoms with E-state index < -0.39 is 0 Å². The van der Waals surface area contributed by atoms with Gasteiger partial charge in [-0.25, -0.2) is 0 Å². The molecule has 4 aromatic rings. The van der Waals surface area contributed by atoms with Crippen LogP contribution in [0.2, 0.25) is 0 Å². The number of nitrogens with zero attached hydrogens (tertiary/aromatic N) is 4. The van der Waals surface area contributed by atoms with Crippen LogP contribution in [0.3, 0.4) is 0 Å². The highest BCUT2D eigenvalue weighted by Crippen LogP contribution is 2.29. The molecule has 2 aromatic carbocycles. The van der Waals surface area contributed by atoms with E-state index in [9.17, 15) is 0 Å². The second-order valence-electron chi connectivity index (χ2n) is 6.16. The molecule has 6 heteroatoms. The molecular weight excluding hydrogens is 368 g/mol. The van der Waals surface area contributed by atoms with Gasteiger partial charge in [0.2, 0.25) is 0 Å². The average Bonchev–Trinajstić information content (AvgIpc) is 3.19. The van der Waals surface area contributed by atoms with Crippen LogP contribution in [0.4, 0.5) is 0 Å². The molecule has 0 spiro atoms. The molecule has 4 rings (SSSR count). The zero-order valence-corrected chi connectivity index (χ0v) is 16.3. The molecule has 0 aliphatic rings. The van der Waals surface area contributed by atoms with E-state index in [-0.39, 0.29) is 0 Å². The van der Waals surface area contributed by atoms with Crippen LogP contribution >= 0.6 is 11.8 Å². The van der Waals surface area contributed by atoms with Crippen LogP contribution in [0.1, 0.15) is 5.56 Å². The minimum Gasteiger partial charge on any atom is -0.497 e. The van der Waals surface area contributed by atoms with Gasteiger partial charge in [0.05, 0.1) is 7.11 Å². The zero-order valence-electron chi connectivity index (χ0n) is 15.5. The first-order chi connectivity index (χ1) is 13.8. The van der Waals surface area contributed by atoms with Crippen molar-refractivity contribution < 1.29 is 4.74 Å². The Bertz CT molecular complexity index is 1020. The number of aromatic nitrogens is 4. The number of benzene rings is 2. The maximum atomic E-state index is 5.27. The topological polar surface area (TPSA) is 52.8 Å². The second kappa shape index (κ2) is 8.71. The van der Waals surface area contributed by atoms with Crippen LogP contribution in [0, 0.1) is 0 Å². The minimum absolute atomic E-state index is 0.820. The Hall–Kier alpha value is -3.12. The number of thioether (sulfide) groups is 1. The fraction of sp³-hybridized carbons (Fsp3) is 0.136. The maximum Gasteiger partial charge on any atom is 0.196 e. The number of hydrogen-bond acceptors (Lipinski definition) is 5. The molecule has 0 radical (unpaired) electrons. The van der Waals surface area contributed by atoms with Crippen molar-refractivity contribution in [3.63, 3.8) is 0 Å². The summed E-state index contributed by atoms with van der Waals surface area (Å²) in [7, 11) is 1.67. The normalized spacial score (nSPS) is 10.8. The van der Waals surface area contributed by atoms with Crippen molar-refractivity contribution in [3.8, 4) is 22.8 Å². The van der Waals surface area contributed by atoms with Crippen molar-refractivity contribution in [2.45, 2.75) is 11.6 Å². The van der Waals surface area contributed by atoms with E-state index >= 15 is 0 Å². The Morgan fingerprint density at radius 1 is 0.893 bits per heavy atom. The lowest BCUT2D eigenvalue weighted by molar-refractivity contribution is 0.415. The predicted molar refractivity (Wildman–Crippen MR) is 112 cm³/mol. The number of ether oxygens (including phenoxy) is 1. The third-order valence-electron chi connectivity index (χ3n) is 4.37. The molecule has 0 atom stereocenters. The standard InChI is InChI=1S/C22H20N4OS/c1-27-20-9-7-18(8-10-20)21-24-25-22(26(21)19-5-3-2-4-6-19)28-16-13-17-11-14-23-15-12-17/h2-12,14-15H,13,16H2,1H3. The molecule has 140 valence electrons. The first-order valence-corrected chi connectivity index (χ1v) is 10.0. The van der Waals surface area contributed by atoms with Crippen molar-refractivity contribution in [2.24, 2.45) is 0 Å².